The third kappa shape index (κ3) is 2.62. The van der Waals surface area contributed by atoms with Crippen LogP contribution in [0.25, 0.3) is 0 Å². The highest BCUT2D eigenvalue weighted by Gasteiger charge is 2.36. The lowest BCUT2D eigenvalue weighted by Gasteiger charge is -2.37. The number of hydrogen-bond acceptors (Lipinski definition) is 4. The number of carbonyl (C=O) groups excluding carboxylic acids is 1. The van der Waals surface area contributed by atoms with Gasteiger partial charge in [0.15, 0.2) is 5.78 Å². The quantitative estimate of drug-likeness (QED) is 0.797. The number of morpholine rings is 1. The van der Waals surface area contributed by atoms with Crippen LogP contribution >= 0.6 is 11.3 Å². The highest BCUT2D eigenvalue weighted by molar-refractivity contribution is 7.12. The number of rotatable bonds is 3. The predicted octanol–water partition coefficient (Wildman–Crippen LogP) is 2.80. The number of aryl methyl sites for hydroxylation is 2. The summed E-state index contributed by atoms with van der Waals surface area (Å²) < 4.78 is 5.80. The van der Waals surface area contributed by atoms with Crippen molar-refractivity contribution in [1.29, 1.82) is 0 Å². The van der Waals surface area contributed by atoms with Gasteiger partial charge in [0, 0.05) is 27.9 Å². The Morgan fingerprint density at radius 3 is 3.05 bits per heavy atom. The predicted molar refractivity (Wildman–Crippen MR) is 77.1 cm³/mol. The summed E-state index contributed by atoms with van der Waals surface area (Å²) in [6.07, 6.45) is 3.94. The molecule has 104 valence electrons. The van der Waals surface area contributed by atoms with Crippen molar-refractivity contribution in [1.82, 2.24) is 4.90 Å². The first kappa shape index (κ1) is 13.3. The lowest BCUT2D eigenvalue weighted by atomic mass is 10.1. The molecule has 2 unspecified atom stereocenters. The molecule has 1 aliphatic carbocycles. The molecular formula is C15H21NO2S. The van der Waals surface area contributed by atoms with E-state index in [1.807, 2.05) is 13.0 Å². The maximum Gasteiger partial charge on any atom is 0.177 e. The van der Waals surface area contributed by atoms with Crippen molar-refractivity contribution in [2.24, 2.45) is 0 Å². The van der Waals surface area contributed by atoms with Gasteiger partial charge in [-0.15, -0.1) is 11.3 Å². The second kappa shape index (κ2) is 5.35. The summed E-state index contributed by atoms with van der Waals surface area (Å²) >= 11 is 1.71. The first-order valence-corrected chi connectivity index (χ1v) is 7.92. The highest BCUT2D eigenvalue weighted by atomic mass is 32.1. The second-order valence-electron chi connectivity index (χ2n) is 5.63. The molecule has 1 aromatic heterocycles. The zero-order chi connectivity index (χ0) is 13.4. The second-order valence-corrected chi connectivity index (χ2v) is 7.09. The van der Waals surface area contributed by atoms with Crippen LogP contribution in [0.1, 0.15) is 39.4 Å². The van der Waals surface area contributed by atoms with Gasteiger partial charge < -0.3 is 4.74 Å². The molecule has 1 saturated heterocycles. The largest absolute Gasteiger partial charge is 0.375 e. The Bertz CT molecular complexity index is 482. The minimum atomic E-state index is 0.273. The summed E-state index contributed by atoms with van der Waals surface area (Å²) in [7, 11) is 0. The summed E-state index contributed by atoms with van der Waals surface area (Å²) in [5, 5.41) is 0. The Labute approximate surface area is 118 Å². The first-order valence-electron chi connectivity index (χ1n) is 7.11. The minimum Gasteiger partial charge on any atom is -0.375 e. The van der Waals surface area contributed by atoms with Crippen molar-refractivity contribution in [3.05, 3.63) is 21.4 Å². The maximum absolute atomic E-state index is 12.5. The molecule has 1 aromatic rings. The normalized spacial score (nSPS) is 27.5. The van der Waals surface area contributed by atoms with E-state index in [0.717, 1.165) is 30.0 Å². The first-order chi connectivity index (χ1) is 9.15. The molecule has 4 heteroatoms. The number of carbonyl (C=O) groups is 1. The molecular weight excluding hydrogens is 258 g/mol. The zero-order valence-electron chi connectivity index (χ0n) is 11.6. The Balaban J connectivity index is 1.70. The van der Waals surface area contributed by atoms with E-state index in [1.165, 1.54) is 17.7 Å². The number of hydrogen-bond donors (Lipinski definition) is 0. The average molecular weight is 279 g/mol. The van der Waals surface area contributed by atoms with Gasteiger partial charge in [0.2, 0.25) is 0 Å². The molecule has 2 aliphatic rings. The van der Waals surface area contributed by atoms with Crippen molar-refractivity contribution >= 4 is 17.1 Å². The van der Waals surface area contributed by atoms with E-state index >= 15 is 0 Å². The zero-order valence-corrected chi connectivity index (χ0v) is 12.5. The number of ketones is 1. The maximum atomic E-state index is 12.5. The van der Waals surface area contributed by atoms with E-state index in [9.17, 15) is 4.79 Å². The van der Waals surface area contributed by atoms with Gasteiger partial charge in [0.05, 0.1) is 19.3 Å². The SMILES string of the molecule is Cc1cc(C(=O)CN2CCOC3CCCC32)c(C)s1. The van der Waals surface area contributed by atoms with Gasteiger partial charge in [-0.1, -0.05) is 0 Å². The van der Waals surface area contributed by atoms with Gasteiger partial charge >= 0.3 is 0 Å². The van der Waals surface area contributed by atoms with Crippen LogP contribution in [-0.2, 0) is 4.74 Å². The molecule has 2 atom stereocenters. The monoisotopic (exact) mass is 279 g/mol. The van der Waals surface area contributed by atoms with Crippen molar-refractivity contribution < 1.29 is 9.53 Å². The number of nitrogens with zero attached hydrogens (tertiary/aromatic N) is 1. The number of fused-ring (bicyclic) bond motifs is 1. The van der Waals surface area contributed by atoms with Crippen LogP contribution in [-0.4, -0.2) is 42.5 Å². The Morgan fingerprint density at radius 1 is 1.47 bits per heavy atom. The van der Waals surface area contributed by atoms with Crippen molar-refractivity contribution in [3.8, 4) is 0 Å². The molecule has 19 heavy (non-hydrogen) atoms. The van der Waals surface area contributed by atoms with Gasteiger partial charge in [-0.25, -0.2) is 0 Å². The molecule has 3 rings (SSSR count). The summed E-state index contributed by atoms with van der Waals surface area (Å²) in [5.41, 5.74) is 0.920. The van der Waals surface area contributed by atoms with Crippen LogP contribution in [0, 0.1) is 13.8 Å². The van der Waals surface area contributed by atoms with E-state index < -0.39 is 0 Å². The number of thiophene rings is 1. The fraction of sp³-hybridized carbons (Fsp3) is 0.667. The molecule has 3 nitrogen and oxygen atoms in total. The van der Waals surface area contributed by atoms with Crippen LogP contribution in [0.3, 0.4) is 0 Å². The molecule has 2 fully saturated rings. The smallest absolute Gasteiger partial charge is 0.177 e. The van der Waals surface area contributed by atoms with Crippen LogP contribution in [0.5, 0.6) is 0 Å². The van der Waals surface area contributed by atoms with Gasteiger partial charge in [0.1, 0.15) is 0 Å². The summed E-state index contributed by atoms with van der Waals surface area (Å²) in [6.45, 7) is 6.34. The molecule has 0 bridgehead atoms. The van der Waals surface area contributed by atoms with E-state index in [4.69, 9.17) is 4.74 Å². The van der Waals surface area contributed by atoms with E-state index in [2.05, 4.69) is 11.8 Å². The van der Waals surface area contributed by atoms with E-state index in [1.54, 1.807) is 11.3 Å². The van der Waals surface area contributed by atoms with Gasteiger partial charge in [0.25, 0.3) is 0 Å². The minimum absolute atomic E-state index is 0.273. The Morgan fingerprint density at radius 2 is 2.32 bits per heavy atom. The molecule has 0 N–H and O–H groups in total. The Kier molecular flexibility index (Phi) is 3.74. The molecule has 2 heterocycles. The highest BCUT2D eigenvalue weighted by Crippen LogP contribution is 2.30. The molecule has 1 aliphatic heterocycles. The molecule has 0 spiro atoms. The Hall–Kier alpha value is -0.710. The molecule has 0 amide bonds. The van der Waals surface area contributed by atoms with Crippen molar-refractivity contribution in [3.63, 3.8) is 0 Å². The number of Topliss-reactive ketones (excluding diaryl/α,β-unsaturated/α-hetero) is 1. The molecule has 0 aromatic carbocycles. The van der Waals surface area contributed by atoms with E-state index in [0.29, 0.717) is 18.7 Å². The van der Waals surface area contributed by atoms with E-state index in [-0.39, 0.29) is 5.78 Å². The van der Waals surface area contributed by atoms with Crippen molar-refractivity contribution in [2.75, 3.05) is 19.7 Å². The van der Waals surface area contributed by atoms with Crippen LogP contribution in [0.4, 0.5) is 0 Å². The topological polar surface area (TPSA) is 29.5 Å². The van der Waals surface area contributed by atoms with Crippen LogP contribution < -0.4 is 0 Å². The lowest BCUT2D eigenvalue weighted by Crippen LogP contribution is -2.50. The summed E-state index contributed by atoms with van der Waals surface area (Å²) in [5.74, 6) is 0.273. The standard InChI is InChI=1S/C15H21NO2S/c1-10-8-12(11(2)19-10)14(17)9-16-6-7-18-15-5-3-4-13(15)16/h8,13,15H,3-7,9H2,1-2H3. The average Bonchev–Trinajstić information content (AvgIpc) is 2.96. The molecule has 1 saturated carbocycles. The fourth-order valence-electron chi connectivity index (χ4n) is 3.38. The van der Waals surface area contributed by atoms with Crippen LogP contribution in [0.2, 0.25) is 0 Å². The van der Waals surface area contributed by atoms with Crippen molar-refractivity contribution in [2.45, 2.75) is 45.3 Å². The number of ether oxygens (including phenoxy) is 1. The van der Waals surface area contributed by atoms with Crippen LogP contribution in [0.15, 0.2) is 6.07 Å². The third-order valence-corrected chi connectivity index (χ3v) is 5.25. The molecule has 0 radical (unpaired) electrons. The lowest BCUT2D eigenvalue weighted by molar-refractivity contribution is -0.0522. The fourth-order valence-corrected chi connectivity index (χ4v) is 4.32. The summed E-state index contributed by atoms with van der Waals surface area (Å²) in [6, 6.07) is 2.51. The van der Waals surface area contributed by atoms with Gasteiger partial charge in [-0.2, -0.15) is 0 Å². The van der Waals surface area contributed by atoms with Gasteiger partial charge in [-0.05, 0) is 39.2 Å². The summed E-state index contributed by atoms with van der Waals surface area (Å²) in [4.78, 5) is 17.2. The van der Waals surface area contributed by atoms with Gasteiger partial charge in [-0.3, -0.25) is 9.69 Å². The third-order valence-electron chi connectivity index (χ3n) is 4.29.